The summed E-state index contributed by atoms with van der Waals surface area (Å²) in [4.78, 5) is 18.4. The molecule has 1 aromatic carbocycles. The lowest BCUT2D eigenvalue weighted by atomic mass is 10.1. The Morgan fingerprint density at radius 1 is 1.00 bits per heavy atom. The topological polar surface area (TPSA) is 41.0 Å². The summed E-state index contributed by atoms with van der Waals surface area (Å²) in [5.41, 5.74) is 2.10. The molecule has 4 rings (SSSR count). The Morgan fingerprint density at radius 3 is 2.57 bits per heavy atom. The van der Waals surface area contributed by atoms with Gasteiger partial charge < -0.3 is 14.2 Å². The van der Waals surface area contributed by atoms with E-state index < -0.39 is 0 Å². The third-order valence-electron chi connectivity index (χ3n) is 5.99. The molecular weight excluding hydrogens is 396 g/mol. The van der Waals surface area contributed by atoms with Gasteiger partial charge in [0, 0.05) is 58.1 Å². The molecule has 30 heavy (non-hydrogen) atoms. The number of nitrogens with zero attached hydrogens (tertiary/aromatic N) is 4. The highest BCUT2D eigenvalue weighted by Crippen LogP contribution is 2.31. The minimum absolute atomic E-state index is 0.272. The molecule has 0 radical (unpaired) electrons. The lowest BCUT2D eigenvalue weighted by Crippen LogP contribution is -2.46. The maximum atomic E-state index is 12.3. The summed E-state index contributed by atoms with van der Waals surface area (Å²) in [6.45, 7) is 7.20. The second-order valence-corrected chi connectivity index (χ2v) is 9.34. The molecular formula is C23H32N4O2S. The second kappa shape index (κ2) is 9.90. The van der Waals surface area contributed by atoms with Crippen LogP contribution < -0.4 is 9.64 Å². The molecule has 7 heteroatoms. The number of unbranched alkanes of at least 4 members (excludes halogenated alkanes) is 1. The molecule has 2 aliphatic rings. The lowest BCUT2D eigenvalue weighted by molar-refractivity contribution is 0.0978. The van der Waals surface area contributed by atoms with E-state index in [9.17, 15) is 4.79 Å². The van der Waals surface area contributed by atoms with Crippen LogP contribution in [0.2, 0.25) is 0 Å². The fourth-order valence-electron chi connectivity index (χ4n) is 4.24. The third-order valence-corrected chi connectivity index (χ3v) is 7.01. The molecule has 1 fully saturated rings. The first-order chi connectivity index (χ1) is 14.6. The number of ketones is 1. The van der Waals surface area contributed by atoms with Crippen LogP contribution in [0.3, 0.4) is 0 Å². The molecule has 2 aromatic rings. The molecule has 0 unspecified atom stereocenters. The van der Waals surface area contributed by atoms with Gasteiger partial charge in [0.15, 0.2) is 5.78 Å². The number of hydrogen-bond acceptors (Lipinski definition) is 6. The first-order valence-electron chi connectivity index (χ1n) is 10.9. The van der Waals surface area contributed by atoms with Crippen molar-refractivity contribution >= 4 is 23.4 Å². The predicted molar refractivity (Wildman–Crippen MR) is 123 cm³/mol. The van der Waals surface area contributed by atoms with E-state index in [1.807, 2.05) is 12.1 Å². The standard InChI is InChI=1S/C23H32N4O2S/c1-24-12-9-21(28)19-17-26(18-23(19)30-24)11-6-5-10-25-13-15-27(16-14-25)20-7-3-4-8-22(20)29-2/h3-4,7-8,17-18H,5-6,9-16H2,1-2H3. The molecule has 0 N–H and O–H groups in total. The molecule has 0 amide bonds. The normalized spacial score (nSPS) is 18.3. The highest BCUT2D eigenvalue weighted by Gasteiger charge is 2.21. The number of methoxy groups -OCH3 is 1. The third kappa shape index (κ3) is 5.02. The molecule has 2 aliphatic heterocycles. The van der Waals surface area contributed by atoms with Crippen molar-refractivity contribution in [1.29, 1.82) is 0 Å². The SMILES string of the molecule is COc1ccccc1N1CCN(CCCCn2cc3c(c2)C(=O)CCN(C)S3)CC1. The average molecular weight is 429 g/mol. The van der Waals surface area contributed by atoms with E-state index in [0.717, 1.165) is 68.4 Å². The van der Waals surface area contributed by atoms with Gasteiger partial charge in [0.05, 0.1) is 23.3 Å². The van der Waals surface area contributed by atoms with Crippen LogP contribution >= 0.6 is 11.9 Å². The minimum atomic E-state index is 0.272. The van der Waals surface area contributed by atoms with Crippen molar-refractivity contribution in [2.45, 2.75) is 30.7 Å². The molecule has 6 nitrogen and oxygen atoms in total. The Balaban J connectivity index is 1.21. The molecule has 3 heterocycles. The number of benzene rings is 1. The molecule has 0 atom stereocenters. The van der Waals surface area contributed by atoms with Crippen LogP contribution in [0.1, 0.15) is 29.6 Å². The number of ether oxygens (including phenoxy) is 1. The highest BCUT2D eigenvalue weighted by molar-refractivity contribution is 7.97. The van der Waals surface area contributed by atoms with Gasteiger partial charge >= 0.3 is 0 Å². The van der Waals surface area contributed by atoms with E-state index in [-0.39, 0.29) is 5.78 Å². The number of aromatic nitrogens is 1. The quantitative estimate of drug-likeness (QED) is 0.496. The molecule has 0 saturated carbocycles. The maximum absolute atomic E-state index is 12.3. The van der Waals surface area contributed by atoms with Crippen LogP contribution in [0.5, 0.6) is 5.75 Å². The van der Waals surface area contributed by atoms with Gasteiger partial charge in [-0.2, -0.15) is 0 Å². The number of rotatable bonds is 7. The van der Waals surface area contributed by atoms with Crippen LogP contribution in [-0.2, 0) is 6.54 Å². The van der Waals surface area contributed by atoms with Crippen LogP contribution in [0, 0.1) is 0 Å². The lowest BCUT2D eigenvalue weighted by Gasteiger charge is -2.36. The number of carbonyl (C=O) groups is 1. The fraction of sp³-hybridized carbons (Fsp3) is 0.522. The van der Waals surface area contributed by atoms with Gasteiger partial charge in [0.1, 0.15) is 5.75 Å². The van der Waals surface area contributed by atoms with Crippen molar-refractivity contribution in [2.75, 3.05) is 58.3 Å². The summed E-state index contributed by atoms with van der Waals surface area (Å²) in [5.74, 6) is 1.23. The van der Waals surface area contributed by atoms with E-state index in [2.05, 4.69) is 50.2 Å². The first kappa shape index (κ1) is 21.3. The van der Waals surface area contributed by atoms with Gasteiger partial charge in [-0.25, -0.2) is 4.31 Å². The Kier molecular flexibility index (Phi) is 7.02. The van der Waals surface area contributed by atoms with Crippen LogP contribution in [-0.4, -0.2) is 73.0 Å². The zero-order chi connectivity index (χ0) is 20.9. The number of para-hydroxylation sites is 2. The van der Waals surface area contributed by atoms with E-state index in [1.165, 1.54) is 12.1 Å². The molecule has 0 spiro atoms. The summed E-state index contributed by atoms with van der Waals surface area (Å²) in [6, 6.07) is 8.28. The zero-order valence-corrected chi connectivity index (χ0v) is 18.9. The summed E-state index contributed by atoms with van der Waals surface area (Å²) in [6.07, 6.45) is 7.12. The summed E-state index contributed by atoms with van der Waals surface area (Å²) >= 11 is 1.69. The first-order valence-corrected chi connectivity index (χ1v) is 11.6. The van der Waals surface area contributed by atoms with Gasteiger partial charge in [-0.1, -0.05) is 12.1 Å². The van der Waals surface area contributed by atoms with Crippen LogP contribution in [0.4, 0.5) is 5.69 Å². The maximum Gasteiger partial charge on any atom is 0.166 e. The van der Waals surface area contributed by atoms with Gasteiger partial charge in [0.25, 0.3) is 0 Å². The van der Waals surface area contributed by atoms with Crippen molar-refractivity contribution in [3.05, 3.63) is 42.2 Å². The summed E-state index contributed by atoms with van der Waals surface area (Å²) < 4.78 is 9.87. The monoisotopic (exact) mass is 428 g/mol. The largest absolute Gasteiger partial charge is 0.495 e. The number of anilines is 1. The zero-order valence-electron chi connectivity index (χ0n) is 18.0. The predicted octanol–water partition coefficient (Wildman–Crippen LogP) is 3.62. The smallest absolute Gasteiger partial charge is 0.166 e. The summed E-state index contributed by atoms with van der Waals surface area (Å²) in [5, 5.41) is 0. The van der Waals surface area contributed by atoms with Crippen molar-refractivity contribution < 1.29 is 9.53 Å². The number of carbonyl (C=O) groups excluding carboxylic acids is 1. The number of hydrogen-bond donors (Lipinski definition) is 0. The molecule has 1 aromatic heterocycles. The Labute approximate surface area is 183 Å². The van der Waals surface area contributed by atoms with E-state index in [4.69, 9.17) is 4.74 Å². The fourth-order valence-corrected chi connectivity index (χ4v) is 5.20. The average Bonchev–Trinajstić information content (AvgIpc) is 3.12. The Hall–Kier alpha value is -1.96. The van der Waals surface area contributed by atoms with Crippen molar-refractivity contribution in [3.8, 4) is 5.75 Å². The van der Waals surface area contributed by atoms with Gasteiger partial charge in [-0.05, 0) is 50.5 Å². The number of Topliss-reactive ketones (excluding diaryl/α,β-unsaturated/α-hetero) is 1. The van der Waals surface area contributed by atoms with Gasteiger partial charge in [-0.15, -0.1) is 0 Å². The van der Waals surface area contributed by atoms with Crippen molar-refractivity contribution in [1.82, 2.24) is 13.8 Å². The number of fused-ring (bicyclic) bond motifs is 1. The van der Waals surface area contributed by atoms with Gasteiger partial charge in [0.2, 0.25) is 0 Å². The van der Waals surface area contributed by atoms with E-state index in [0.29, 0.717) is 6.42 Å². The molecule has 1 saturated heterocycles. The number of piperazine rings is 1. The second-order valence-electron chi connectivity index (χ2n) is 8.10. The molecule has 162 valence electrons. The number of aryl methyl sites for hydroxylation is 1. The Morgan fingerprint density at radius 2 is 1.77 bits per heavy atom. The van der Waals surface area contributed by atoms with Crippen LogP contribution in [0.15, 0.2) is 41.6 Å². The molecule has 0 bridgehead atoms. The Bertz CT molecular complexity index is 861. The van der Waals surface area contributed by atoms with Crippen molar-refractivity contribution in [2.24, 2.45) is 0 Å². The highest BCUT2D eigenvalue weighted by atomic mass is 32.2. The minimum Gasteiger partial charge on any atom is -0.495 e. The van der Waals surface area contributed by atoms with Crippen molar-refractivity contribution in [3.63, 3.8) is 0 Å². The summed E-state index contributed by atoms with van der Waals surface area (Å²) in [7, 11) is 3.79. The van der Waals surface area contributed by atoms with E-state index >= 15 is 0 Å². The molecule has 0 aliphatic carbocycles. The van der Waals surface area contributed by atoms with Gasteiger partial charge in [-0.3, -0.25) is 9.69 Å². The van der Waals surface area contributed by atoms with E-state index in [1.54, 1.807) is 19.1 Å². The van der Waals surface area contributed by atoms with Crippen LogP contribution in [0.25, 0.3) is 0 Å².